The van der Waals surface area contributed by atoms with Gasteiger partial charge in [-0.2, -0.15) is 0 Å². The number of hydrogen-bond donors (Lipinski definition) is 0. The van der Waals surface area contributed by atoms with Gasteiger partial charge < -0.3 is 0 Å². The number of piperidine rings is 1. The quantitative estimate of drug-likeness (QED) is 0.533. The molecule has 1 aromatic heterocycles. The Kier molecular flexibility index (Phi) is 6.07. The minimum Gasteiger partial charge on any atom is -0.294 e. The van der Waals surface area contributed by atoms with Gasteiger partial charge in [0.25, 0.3) is 0 Å². The zero-order valence-corrected chi connectivity index (χ0v) is 16.9. The lowest BCUT2D eigenvalue weighted by Gasteiger charge is -2.31. The molecule has 1 fully saturated rings. The van der Waals surface area contributed by atoms with E-state index in [4.69, 9.17) is 0 Å². The SMILES string of the molecule is C[C@H](c1nnc(SCc2ccc(F)cc2)n1-c1ccccc1)N1CCCCC1. The van der Waals surface area contributed by atoms with Crippen molar-refractivity contribution in [2.45, 2.75) is 43.1 Å². The molecule has 0 N–H and O–H groups in total. The maximum Gasteiger partial charge on any atom is 0.196 e. The Morgan fingerprint density at radius 3 is 2.39 bits per heavy atom. The minimum atomic E-state index is -0.209. The van der Waals surface area contributed by atoms with Gasteiger partial charge in [0.1, 0.15) is 5.82 Å². The van der Waals surface area contributed by atoms with Gasteiger partial charge in [-0.25, -0.2) is 4.39 Å². The summed E-state index contributed by atoms with van der Waals surface area (Å²) in [4.78, 5) is 2.50. The molecule has 4 nitrogen and oxygen atoms in total. The second kappa shape index (κ2) is 8.88. The average molecular weight is 397 g/mol. The van der Waals surface area contributed by atoms with Crippen molar-refractivity contribution >= 4 is 11.8 Å². The number of likely N-dealkylation sites (tertiary alicyclic amines) is 1. The number of halogens is 1. The second-order valence-corrected chi connectivity index (χ2v) is 8.14. The molecule has 0 unspecified atom stereocenters. The molecule has 1 atom stereocenters. The summed E-state index contributed by atoms with van der Waals surface area (Å²) in [6.45, 7) is 4.45. The summed E-state index contributed by atoms with van der Waals surface area (Å²) in [6.07, 6.45) is 3.80. The predicted molar refractivity (Wildman–Crippen MR) is 111 cm³/mol. The smallest absolute Gasteiger partial charge is 0.196 e. The average Bonchev–Trinajstić information content (AvgIpc) is 3.18. The number of aromatic nitrogens is 3. The fraction of sp³-hybridized carbons (Fsp3) is 0.364. The summed E-state index contributed by atoms with van der Waals surface area (Å²) in [6, 6.07) is 17.2. The van der Waals surface area contributed by atoms with Crippen molar-refractivity contribution in [2.24, 2.45) is 0 Å². The summed E-state index contributed by atoms with van der Waals surface area (Å²) in [5.41, 5.74) is 2.15. The van der Waals surface area contributed by atoms with Gasteiger partial charge in [0, 0.05) is 11.4 Å². The Morgan fingerprint density at radius 2 is 1.68 bits per heavy atom. The fourth-order valence-corrected chi connectivity index (χ4v) is 4.58. The second-order valence-electron chi connectivity index (χ2n) is 7.20. The van der Waals surface area contributed by atoms with Crippen molar-refractivity contribution in [3.8, 4) is 5.69 Å². The van der Waals surface area contributed by atoms with Crippen LogP contribution in [0.4, 0.5) is 4.39 Å². The Balaban J connectivity index is 1.62. The first-order valence-corrected chi connectivity index (χ1v) is 10.8. The zero-order valence-electron chi connectivity index (χ0n) is 16.1. The van der Waals surface area contributed by atoms with Crippen LogP contribution in [0.15, 0.2) is 59.8 Å². The van der Waals surface area contributed by atoms with Crippen molar-refractivity contribution in [2.75, 3.05) is 13.1 Å². The highest BCUT2D eigenvalue weighted by molar-refractivity contribution is 7.98. The van der Waals surface area contributed by atoms with E-state index in [1.54, 1.807) is 11.8 Å². The van der Waals surface area contributed by atoms with Gasteiger partial charge in [-0.05, 0) is 62.7 Å². The largest absolute Gasteiger partial charge is 0.294 e. The molecule has 1 aliphatic rings. The van der Waals surface area contributed by atoms with Crippen molar-refractivity contribution in [3.05, 3.63) is 71.8 Å². The summed E-state index contributed by atoms with van der Waals surface area (Å²) < 4.78 is 15.3. The van der Waals surface area contributed by atoms with Crippen molar-refractivity contribution in [1.82, 2.24) is 19.7 Å². The van der Waals surface area contributed by atoms with Crippen LogP contribution in [0.5, 0.6) is 0 Å². The van der Waals surface area contributed by atoms with E-state index < -0.39 is 0 Å². The third-order valence-electron chi connectivity index (χ3n) is 5.27. The van der Waals surface area contributed by atoms with Crippen LogP contribution in [0.1, 0.15) is 43.6 Å². The highest BCUT2D eigenvalue weighted by atomic mass is 32.2. The van der Waals surface area contributed by atoms with E-state index in [-0.39, 0.29) is 11.9 Å². The third kappa shape index (κ3) is 4.28. The number of thioether (sulfide) groups is 1. The zero-order chi connectivity index (χ0) is 19.3. The molecule has 0 saturated carbocycles. The maximum atomic E-state index is 13.2. The van der Waals surface area contributed by atoms with E-state index in [0.29, 0.717) is 0 Å². The molecule has 1 saturated heterocycles. The molecule has 6 heteroatoms. The van der Waals surface area contributed by atoms with Gasteiger partial charge in [-0.1, -0.05) is 48.5 Å². The van der Waals surface area contributed by atoms with Crippen LogP contribution >= 0.6 is 11.8 Å². The lowest BCUT2D eigenvalue weighted by Crippen LogP contribution is -2.33. The fourth-order valence-electron chi connectivity index (χ4n) is 3.66. The molecule has 0 spiro atoms. The molecule has 3 aromatic rings. The van der Waals surface area contributed by atoms with E-state index in [9.17, 15) is 4.39 Å². The molecule has 146 valence electrons. The van der Waals surface area contributed by atoms with Crippen LogP contribution in [0.2, 0.25) is 0 Å². The molecule has 0 radical (unpaired) electrons. The summed E-state index contributed by atoms with van der Waals surface area (Å²) in [5, 5.41) is 9.97. The first kappa shape index (κ1) is 19.2. The van der Waals surface area contributed by atoms with Gasteiger partial charge in [-0.15, -0.1) is 10.2 Å². The number of rotatable bonds is 6. The van der Waals surface area contributed by atoms with Crippen LogP contribution in [0.25, 0.3) is 5.69 Å². The molecule has 2 aromatic carbocycles. The van der Waals surface area contributed by atoms with Gasteiger partial charge in [0.2, 0.25) is 0 Å². The molecular formula is C22H25FN4S. The predicted octanol–water partition coefficient (Wildman–Crippen LogP) is 5.25. The Bertz CT molecular complexity index is 889. The third-order valence-corrected chi connectivity index (χ3v) is 6.27. The monoisotopic (exact) mass is 396 g/mol. The van der Waals surface area contributed by atoms with Crippen LogP contribution in [0.3, 0.4) is 0 Å². The topological polar surface area (TPSA) is 34.0 Å². The normalized spacial score (nSPS) is 16.2. The number of benzene rings is 2. The van der Waals surface area contributed by atoms with Crippen molar-refractivity contribution in [1.29, 1.82) is 0 Å². The minimum absolute atomic E-state index is 0.209. The number of nitrogens with zero attached hydrogens (tertiary/aromatic N) is 4. The molecule has 0 bridgehead atoms. The summed E-state index contributed by atoms with van der Waals surface area (Å²) in [7, 11) is 0. The summed E-state index contributed by atoms with van der Waals surface area (Å²) in [5.74, 6) is 1.50. The maximum absolute atomic E-state index is 13.2. The summed E-state index contributed by atoms with van der Waals surface area (Å²) >= 11 is 1.63. The standard InChI is InChI=1S/C22H25FN4S/c1-17(26-14-6-3-7-15-26)21-24-25-22(27(21)20-8-4-2-5-9-20)28-16-18-10-12-19(23)13-11-18/h2,4-5,8-13,17H,3,6-7,14-16H2,1H3/t17-/m1/s1. The molecule has 0 amide bonds. The van der Waals surface area contributed by atoms with Gasteiger partial charge in [0.15, 0.2) is 11.0 Å². The Labute approximate surface area is 169 Å². The van der Waals surface area contributed by atoms with E-state index in [1.807, 2.05) is 30.3 Å². The highest BCUT2D eigenvalue weighted by Gasteiger charge is 2.25. The molecule has 4 rings (SSSR count). The van der Waals surface area contributed by atoms with Gasteiger partial charge in [-0.3, -0.25) is 9.47 Å². The Morgan fingerprint density at radius 1 is 0.964 bits per heavy atom. The lowest BCUT2D eigenvalue weighted by molar-refractivity contribution is 0.167. The van der Waals surface area contributed by atoms with Crippen LogP contribution in [-0.2, 0) is 5.75 Å². The molecule has 28 heavy (non-hydrogen) atoms. The number of para-hydroxylation sites is 1. The van der Waals surface area contributed by atoms with Crippen LogP contribution in [0, 0.1) is 5.82 Å². The molecule has 1 aliphatic heterocycles. The van der Waals surface area contributed by atoms with E-state index in [2.05, 4.69) is 38.7 Å². The lowest BCUT2D eigenvalue weighted by atomic mass is 10.1. The van der Waals surface area contributed by atoms with Crippen LogP contribution in [-0.4, -0.2) is 32.8 Å². The van der Waals surface area contributed by atoms with E-state index in [1.165, 1.54) is 31.4 Å². The number of hydrogen-bond acceptors (Lipinski definition) is 4. The van der Waals surface area contributed by atoms with Crippen molar-refractivity contribution in [3.63, 3.8) is 0 Å². The van der Waals surface area contributed by atoms with Crippen LogP contribution < -0.4 is 0 Å². The van der Waals surface area contributed by atoms with Crippen molar-refractivity contribution < 1.29 is 4.39 Å². The van der Waals surface area contributed by atoms with E-state index in [0.717, 1.165) is 41.1 Å². The Hall–Kier alpha value is -2.18. The molecule has 2 heterocycles. The van der Waals surface area contributed by atoms with E-state index >= 15 is 0 Å². The first-order chi connectivity index (χ1) is 13.7. The first-order valence-electron chi connectivity index (χ1n) is 9.84. The van der Waals surface area contributed by atoms with Gasteiger partial charge >= 0.3 is 0 Å². The van der Waals surface area contributed by atoms with Gasteiger partial charge in [0.05, 0.1) is 6.04 Å². The molecular weight excluding hydrogens is 371 g/mol. The highest BCUT2D eigenvalue weighted by Crippen LogP contribution is 2.30. The molecule has 0 aliphatic carbocycles.